The zero-order chi connectivity index (χ0) is 13.9. The maximum atomic E-state index is 11.0. The fraction of sp³-hybridized carbons (Fsp3) is 0.250. The van der Waals surface area contributed by atoms with Crippen molar-refractivity contribution >= 4 is 5.69 Å². The minimum Gasteiger partial charge on any atom is -0.358 e. The van der Waals surface area contributed by atoms with Gasteiger partial charge in [0, 0.05) is 17.2 Å². The normalized spacial score (nSPS) is 17.6. The molecule has 1 aliphatic rings. The first-order chi connectivity index (χ1) is 9.75. The van der Waals surface area contributed by atoms with Crippen molar-refractivity contribution in [2.75, 3.05) is 18.0 Å². The molecule has 0 fully saturated rings. The second-order valence-corrected chi connectivity index (χ2v) is 5.01. The topological polar surface area (TPSA) is 46.4 Å². The molecule has 3 rings (SSSR count). The predicted octanol–water partition coefficient (Wildman–Crippen LogP) is 3.07. The largest absolute Gasteiger partial charge is 0.358 e. The molecule has 0 N–H and O–H groups in total. The number of nitro groups is 1. The number of anilines is 1. The summed E-state index contributed by atoms with van der Waals surface area (Å²) in [5.41, 5.74) is 3.36. The first-order valence-electron chi connectivity index (χ1n) is 6.77. The molecule has 20 heavy (non-hydrogen) atoms. The SMILES string of the molecule is O=[N+]([O-])CC1c2ccccc2CCN1c1ccccc1. The third-order valence-corrected chi connectivity index (χ3v) is 3.82. The Labute approximate surface area is 117 Å². The summed E-state index contributed by atoms with van der Waals surface area (Å²) in [7, 11) is 0. The summed E-state index contributed by atoms with van der Waals surface area (Å²) in [4.78, 5) is 13.0. The van der Waals surface area contributed by atoms with Crippen molar-refractivity contribution in [3.05, 3.63) is 75.8 Å². The number of nitrogens with zero attached hydrogens (tertiary/aromatic N) is 2. The van der Waals surface area contributed by atoms with Crippen LogP contribution in [0.15, 0.2) is 54.6 Å². The van der Waals surface area contributed by atoms with Gasteiger partial charge in [-0.1, -0.05) is 42.5 Å². The fourth-order valence-corrected chi connectivity index (χ4v) is 2.92. The summed E-state index contributed by atoms with van der Waals surface area (Å²) in [5.74, 6) is 0. The summed E-state index contributed by atoms with van der Waals surface area (Å²) < 4.78 is 0. The summed E-state index contributed by atoms with van der Waals surface area (Å²) in [6.07, 6.45) is 0.930. The maximum absolute atomic E-state index is 11.0. The minimum atomic E-state index is -0.220. The lowest BCUT2D eigenvalue weighted by atomic mass is 9.92. The van der Waals surface area contributed by atoms with Crippen LogP contribution in [0.4, 0.5) is 5.69 Å². The van der Waals surface area contributed by atoms with Gasteiger partial charge < -0.3 is 4.90 Å². The van der Waals surface area contributed by atoms with Gasteiger partial charge in [0.2, 0.25) is 6.54 Å². The molecule has 4 nitrogen and oxygen atoms in total. The third-order valence-electron chi connectivity index (χ3n) is 3.82. The van der Waals surface area contributed by atoms with Crippen LogP contribution in [-0.2, 0) is 6.42 Å². The average Bonchev–Trinajstić information content (AvgIpc) is 2.48. The Morgan fingerprint density at radius 2 is 1.80 bits per heavy atom. The van der Waals surface area contributed by atoms with E-state index < -0.39 is 0 Å². The molecule has 0 radical (unpaired) electrons. The van der Waals surface area contributed by atoms with Crippen molar-refractivity contribution in [2.45, 2.75) is 12.5 Å². The highest BCUT2D eigenvalue weighted by molar-refractivity contribution is 5.52. The summed E-state index contributed by atoms with van der Waals surface area (Å²) in [6.45, 7) is 0.755. The Hall–Kier alpha value is -2.36. The van der Waals surface area contributed by atoms with Crippen molar-refractivity contribution in [1.29, 1.82) is 0 Å². The van der Waals surface area contributed by atoms with Gasteiger partial charge in [-0.15, -0.1) is 0 Å². The molecular formula is C16H16N2O2. The van der Waals surface area contributed by atoms with Crippen LogP contribution in [0, 0.1) is 10.1 Å². The van der Waals surface area contributed by atoms with Gasteiger partial charge in [-0.3, -0.25) is 10.1 Å². The Bertz CT molecular complexity index is 613. The van der Waals surface area contributed by atoms with Gasteiger partial charge in [-0.05, 0) is 29.7 Å². The molecule has 1 atom stereocenters. The summed E-state index contributed by atoms with van der Waals surface area (Å²) in [5, 5.41) is 11.0. The molecule has 4 heteroatoms. The van der Waals surface area contributed by atoms with Crippen LogP contribution in [0.2, 0.25) is 0 Å². The average molecular weight is 268 g/mol. The molecule has 0 aromatic heterocycles. The predicted molar refractivity (Wildman–Crippen MR) is 78.5 cm³/mol. The highest BCUT2D eigenvalue weighted by Crippen LogP contribution is 2.33. The van der Waals surface area contributed by atoms with Gasteiger partial charge in [-0.2, -0.15) is 0 Å². The first kappa shape index (κ1) is 12.7. The zero-order valence-electron chi connectivity index (χ0n) is 11.1. The van der Waals surface area contributed by atoms with Crippen molar-refractivity contribution < 1.29 is 4.92 Å². The standard InChI is InChI=1S/C16H16N2O2/c19-18(20)12-16-15-9-5-4-6-13(15)10-11-17(16)14-7-2-1-3-8-14/h1-9,16H,10-12H2. The van der Waals surface area contributed by atoms with Gasteiger partial charge in [0.25, 0.3) is 0 Å². The molecule has 0 saturated heterocycles. The number of rotatable bonds is 3. The molecule has 102 valence electrons. The summed E-state index contributed by atoms with van der Waals surface area (Å²) in [6, 6.07) is 17.8. The van der Waals surface area contributed by atoms with E-state index in [-0.39, 0.29) is 17.5 Å². The van der Waals surface area contributed by atoms with Gasteiger partial charge in [-0.25, -0.2) is 0 Å². The van der Waals surface area contributed by atoms with E-state index in [1.165, 1.54) is 5.56 Å². The molecule has 0 saturated carbocycles. The molecule has 2 aromatic carbocycles. The van der Waals surface area contributed by atoms with Crippen LogP contribution in [-0.4, -0.2) is 18.0 Å². The number of fused-ring (bicyclic) bond motifs is 1. The molecule has 0 bridgehead atoms. The van der Waals surface area contributed by atoms with E-state index in [2.05, 4.69) is 11.0 Å². The van der Waals surface area contributed by atoms with Crippen molar-refractivity contribution in [3.63, 3.8) is 0 Å². The van der Waals surface area contributed by atoms with Gasteiger partial charge in [0.1, 0.15) is 6.04 Å². The van der Waals surface area contributed by atoms with Crippen LogP contribution in [0.5, 0.6) is 0 Å². The lowest BCUT2D eigenvalue weighted by Crippen LogP contribution is -2.39. The molecule has 1 aliphatic heterocycles. The van der Waals surface area contributed by atoms with Gasteiger partial charge >= 0.3 is 0 Å². The van der Waals surface area contributed by atoms with E-state index in [4.69, 9.17) is 0 Å². The van der Waals surface area contributed by atoms with E-state index in [1.807, 2.05) is 48.5 Å². The molecule has 1 heterocycles. The highest BCUT2D eigenvalue weighted by atomic mass is 16.6. The molecular weight excluding hydrogens is 252 g/mol. The zero-order valence-corrected chi connectivity index (χ0v) is 11.1. The number of benzene rings is 2. The van der Waals surface area contributed by atoms with E-state index >= 15 is 0 Å². The number of hydrogen-bond donors (Lipinski definition) is 0. The second-order valence-electron chi connectivity index (χ2n) is 5.01. The molecule has 1 unspecified atom stereocenters. The van der Waals surface area contributed by atoms with Crippen LogP contribution in [0.25, 0.3) is 0 Å². The second kappa shape index (κ2) is 5.33. The lowest BCUT2D eigenvalue weighted by Gasteiger charge is -2.36. The summed E-state index contributed by atoms with van der Waals surface area (Å²) >= 11 is 0. The van der Waals surface area contributed by atoms with Crippen LogP contribution >= 0.6 is 0 Å². The third kappa shape index (κ3) is 2.37. The van der Waals surface area contributed by atoms with Gasteiger partial charge in [0.05, 0.1) is 0 Å². The van der Waals surface area contributed by atoms with Crippen LogP contribution < -0.4 is 4.90 Å². The molecule has 0 spiro atoms. The maximum Gasteiger partial charge on any atom is 0.228 e. The fourth-order valence-electron chi connectivity index (χ4n) is 2.92. The number of hydrogen-bond acceptors (Lipinski definition) is 3. The molecule has 2 aromatic rings. The van der Waals surface area contributed by atoms with Crippen molar-refractivity contribution in [1.82, 2.24) is 0 Å². The van der Waals surface area contributed by atoms with Crippen molar-refractivity contribution in [3.8, 4) is 0 Å². The van der Waals surface area contributed by atoms with E-state index in [1.54, 1.807) is 0 Å². The van der Waals surface area contributed by atoms with Crippen molar-refractivity contribution in [2.24, 2.45) is 0 Å². The molecule has 0 amide bonds. The quantitative estimate of drug-likeness (QED) is 0.635. The van der Waals surface area contributed by atoms with Crippen LogP contribution in [0.3, 0.4) is 0 Å². The minimum absolute atomic E-state index is 0.0636. The Morgan fingerprint density at radius 1 is 1.10 bits per heavy atom. The number of para-hydroxylation sites is 1. The Morgan fingerprint density at radius 3 is 2.55 bits per heavy atom. The Balaban J connectivity index is 2.01. The van der Waals surface area contributed by atoms with E-state index in [0.29, 0.717) is 0 Å². The first-order valence-corrected chi connectivity index (χ1v) is 6.77. The van der Waals surface area contributed by atoms with Gasteiger partial charge in [0.15, 0.2) is 0 Å². The Kier molecular flexibility index (Phi) is 3.37. The van der Waals surface area contributed by atoms with E-state index in [0.717, 1.165) is 24.2 Å². The molecule has 0 aliphatic carbocycles. The van der Waals surface area contributed by atoms with Crippen LogP contribution in [0.1, 0.15) is 17.2 Å². The van der Waals surface area contributed by atoms with E-state index in [9.17, 15) is 10.1 Å². The lowest BCUT2D eigenvalue weighted by molar-refractivity contribution is -0.483. The smallest absolute Gasteiger partial charge is 0.228 e. The monoisotopic (exact) mass is 268 g/mol. The highest BCUT2D eigenvalue weighted by Gasteiger charge is 2.30.